The molecule has 0 aliphatic carbocycles. The van der Waals surface area contributed by atoms with E-state index in [-0.39, 0.29) is 42.8 Å². The van der Waals surface area contributed by atoms with Gasteiger partial charge in [-0.25, -0.2) is 0 Å². The molecule has 1 aromatic carbocycles. The molecular formula is C15H24ClN3O2. The van der Waals surface area contributed by atoms with E-state index >= 15 is 0 Å². The van der Waals surface area contributed by atoms with Crippen molar-refractivity contribution >= 4 is 24.2 Å². The molecule has 6 heteroatoms. The van der Waals surface area contributed by atoms with Crippen molar-refractivity contribution in [2.75, 3.05) is 13.1 Å². The molecule has 0 radical (unpaired) electrons. The molecule has 4 N–H and O–H groups in total. The first kappa shape index (κ1) is 19.4. The van der Waals surface area contributed by atoms with Crippen LogP contribution in [0.25, 0.3) is 0 Å². The molecule has 0 spiro atoms. The summed E-state index contributed by atoms with van der Waals surface area (Å²) in [6, 6.07) is 8.09. The van der Waals surface area contributed by atoms with Crippen LogP contribution >= 0.6 is 12.4 Å². The van der Waals surface area contributed by atoms with Crippen molar-refractivity contribution in [3.63, 3.8) is 0 Å². The number of rotatable bonds is 6. The van der Waals surface area contributed by atoms with Crippen LogP contribution in [0.5, 0.6) is 0 Å². The Labute approximate surface area is 132 Å². The van der Waals surface area contributed by atoms with Gasteiger partial charge < -0.3 is 16.4 Å². The number of benzene rings is 1. The van der Waals surface area contributed by atoms with Gasteiger partial charge in [-0.3, -0.25) is 9.59 Å². The first-order chi connectivity index (χ1) is 9.34. The topological polar surface area (TPSA) is 84.2 Å². The van der Waals surface area contributed by atoms with Crippen molar-refractivity contribution in [3.8, 4) is 0 Å². The molecule has 2 amide bonds. The lowest BCUT2D eigenvalue weighted by atomic mass is 9.92. The zero-order chi connectivity index (χ0) is 15.2. The number of amides is 2. The first-order valence-corrected chi connectivity index (χ1v) is 6.66. The molecule has 0 aromatic heterocycles. The van der Waals surface area contributed by atoms with Gasteiger partial charge in [-0.2, -0.15) is 0 Å². The van der Waals surface area contributed by atoms with Crippen LogP contribution in [0, 0.1) is 6.92 Å². The summed E-state index contributed by atoms with van der Waals surface area (Å²) in [5.41, 5.74) is 7.18. The minimum absolute atomic E-state index is 0. The van der Waals surface area contributed by atoms with Gasteiger partial charge in [-0.15, -0.1) is 12.4 Å². The van der Waals surface area contributed by atoms with Crippen molar-refractivity contribution in [2.24, 2.45) is 5.73 Å². The standard InChI is InChI=1S/C15H23N3O2.ClH/c1-11-6-4-5-7-12(11)8-15(2,3)18-14(20)10-17-13(19)9-16;/h4-7H,8-10,16H2,1-3H3,(H,17,19)(H,18,20);1H. The van der Waals surface area contributed by atoms with Crippen LogP contribution in [0.1, 0.15) is 25.0 Å². The van der Waals surface area contributed by atoms with Crippen LogP contribution in [0.2, 0.25) is 0 Å². The molecule has 0 unspecified atom stereocenters. The van der Waals surface area contributed by atoms with Crippen molar-refractivity contribution < 1.29 is 9.59 Å². The Morgan fingerprint density at radius 3 is 2.38 bits per heavy atom. The number of carbonyl (C=O) groups excluding carboxylic acids is 2. The minimum Gasteiger partial charge on any atom is -0.349 e. The van der Waals surface area contributed by atoms with E-state index in [1.807, 2.05) is 26.0 Å². The average molecular weight is 314 g/mol. The molecule has 0 saturated heterocycles. The quantitative estimate of drug-likeness (QED) is 0.730. The van der Waals surface area contributed by atoms with Crippen LogP contribution < -0.4 is 16.4 Å². The van der Waals surface area contributed by atoms with Gasteiger partial charge in [0.15, 0.2) is 0 Å². The highest BCUT2D eigenvalue weighted by atomic mass is 35.5. The van der Waals surface area contributed by atoms with Crippen LogP contribution in [-0.4, -0.2) is 30.4 Å². The van der Waals surface area contributed by atoms with E-state index in [0.717, 1.165) is 6.42 Å². The number of halogens is 1. The highest BCUT2D eigenvalue weighted by Gasteiger charge is 2.21. The van der Waals surface area contributed by atoms with Gasteiger partial charge in [-0.1, -0.05) is 24.3 Å². The number of hydrogen-bond donors (Lipinski definition) is 3. The highest BCUT2D eigenvalue weighted by molar-refractivity contribution is 5.86. The third-order valence-electron chi connectivity index (χ3n) is 3.00. The number of nitrogens with one attached hydrogen (secondary N) is 2. The Morgan fingerprint density at radius 1 is 1.19 bits per heavy atom. The maximum Gasteiger partial charge on any atom is 0.239 e. The lowest BCUT2D eigenvalue weighted by Crippen LogP contribution is -2.49. The molecule has 118 valence electrons. The number of nitrogens with two attached hydrogens (primary N) is 1. The monoisotopic (exact) mass is 313 g/mol. The van der Waals surface area contributed by atoms with Crippen molar-refractivity contribution in [1.82, 2.24) is 10.6 Å². The maximum atomic E-state index is 11.8. The fraction of sp³-hybridized carbons (Fsp3) is 0.467. The smallest absolute Gasteiger partial charge is 0.239 e. The van der Waals surface area contributed by atoms with Gasteiger partial charge in [0.2, 0.25) is 11.8 Å². The summed E-state index contributed by atoms with van der Waals surface area (Å²) < 4.78 is 0. The summed E-state index contributed by atoms with van der Waals surface area (Å²) in [5, 5.41) is 5.37. The van der Waals surface area contributed by atoms with Crippen molar-refractivity contribution in [1.29, 1.82) is 0 Å². The van der Waals surface area contributed by atoms with Crippen molar-refractivity contribution in [3.05, 3.63) is 35.4 Å². The molecule has 0 bridgehead atoms. The fourth-order valence-corrected chi connectivity index (χ4v) is 2.00. The van der Waals surface area contributed by atoms with E-state index < -0.39 is 0 Å². The molecule has 1 aromatic rings. The molecule has 21 heavy (non-hydrogen) atoms. The van der Waals surface area contributed by atoms with Gasteiger partial charge in [-0.05, 0) is 38.3 Å². The molecule has 0 saturated carbocycles. The predicted octanol–water partition coefficient (Wildman–Crippen LogP) is 0.929. The lowest BCUT2D eigenvalue weighted by molar-refractivity contribution is -0.126. The minimum atomic E-state index is -0.378. The van der Waals surface area contributed by atoms with Gasteiger partial charge in [0, 0.05) is 5.54 Å². The number of hydrogen-bond acceptors (Lipinski definition) is 3. The van der Waals surface area contributed by atoms with Crippen molar-refractivity contribution in [2.45, 2.75) is 32.7 Å². The zero-order valence-electron chi connectivity index (χ0n) is 12.7. The van der Waals surface area contributed by atoms with Crippen LogP contribution in [0.4, 0.5) is 0 Å². The van der Waals surface area contributed by atoms with Crippen LogP contribution in [-0.2, 0) is 16.0 Å². The van der Waals surface area contributed by atoms with Gasteiger partial charge >= 0.3 is 0 Å². The Morgan fingerprint density at radius 2 is 1.81 bits per heavy atom. The summed E-state index contributed by atoms with van der Waals surface area (Å²) in [7, 11) is 0. The Kier molecular flexibility index (Phi) is 7.99. The van der Waals surface area contributed by atoms with Gasteiger partial charge in [0.1, 0.15) is 0 Å². The second-order valence-corrected chi connectivity index (χ2v) is 5.52. The molecule has 1 rings (SSSR count). The lowest BCUT2D eigenvalue weighted by Gasteiger charge is -2.27. The Balaban J connectivity index is 0.00000400. The number of carbonyl (C=O) groups is 2. The summed E-state index contributed by atoms with van der Waals surface area (Å²) in [5.74, 6) is -0.553. The third-order valence-corrected chi connectivity index (χ3v) is 3.00. The summed E-state index contributed by atoms with van der Waals surface area (Å²) in [6.07, 6.45) is 0.732. The van der Waals surface area contributed by atoms with E-state index in [4.69, 9.17) is 5.73 Å². The molecule has 0 aliphatic rings. The van der Waals surface area contributed by atoms with E-state index in [0.29, 0.717) is 0 Å². The summed E-state index contributed by atoms with van der Waals surface area (Å²) in [6.45, 7) is 5.81. The highest BCUT2D eigenvalue weighted by Crippen LogP contribution is 2.15. The molecule has 0 fully saturated rings. The molecular weight excluding hydrogens is 290 g/mol. The second-order valence-electron chi connectivity index (χ2n) is 5.52. The van der Waals surface area contributed by atoms with Gasteiger partial charge in [0.05, 0.1) is 13.1 Å². The second kappa shape index (κ2) is 8.64. The summed E-state index contributed by atoms with van der Waals surface area (Å²) >= 11 is 0. The zero-order valence-corrected chi connectivity index (χ0v) is 13.5. The Bertz CT molecular complexity index is 490. The fourth-order valence-electron chi connectivity index (χ4n) is 2.00. The van der Waals surface area contributed by atoms with E-state index in [9.17, 15) is 9.59 Å². The maximum absolute atomic E-state index is 11.8. The molecule has 0 heterocycles. The third kappa shape index (κ3) is 7.11. The van der Waals surface area contributed by atoms with Crippen LogP contribution in [0.3, 0.4) is 0 Å². The largest absolute Gasteiger partial charge is 0.349 e. The molecule has 0 aliphatic heterocycles. The normalized spacial score (nSPS) is 10.5. The number of aryl methyl sites for hydroxylation is 1. The van der Waals surface area contributed by atoms with E-state index in [1.54, 1.807) is 0 Å². The van der Waals surface area contributed by atoms with E-state index in [1.165, 1.54) is 11.1 Å². The molecule has 0 atom stereocenters. The van der Waals surface area contributed by atoms with Crippen LogP contribution in [0.15, 0.2) is 24.3 Å². The first-order valence-electron chi connectivity index (χ1n) is 6.66. The average Bonchev–Trinajstić information content (AvgIpc) is 2.38. The molecule has 5 nitrogen and oxygen atoms in total. The Hall–Kier alpha value is -1.59. The summed E-state index contributed by atoms with van der Waals surface area (Å²) in [4.78, 5) is 22.8. The van der Waals surface area contributed by atoms with E-state index in [2.05, 4.69) is 29.7 Å². The van der Waals surface area contributed by atoms with Gasteiger partial charge in [0.25, 0.3) is 0 Å². The predicted molar refractivity (Wildman–Crippen MR) is 86.4 cm³/mol. The SMILES string of the molecule is Cc1ccccc1CC(C)(C)NC(=O)CNC(=O)CN.Cl.